The monoisotopic (exact) mass is 182 g/mol. The van der Waals surface area contributed by atoms with Crippen LogP contribution >= 0.6 is 8.19 Å². The zero-order valence-corrected chi connectivity index (χ0v) is 8.97. The molecule has 1 atom stereocenters. The van der Waals surface area contributed by atoms with Crippen LogP contribution in [0.3, 0.4) is 0 Å². The van der Waals surface area contributed by atoms with Gasteiger partial charge < -0.3 is 0 Å². The molecule has 0 radical (unpaired) electrons. The fraction of sp³-hybridized carbons (Fsp3) is 0.636. The molecule has 1 aromatic rings. The Morgan fingerprint density at radius 2 is 2.00 bits per heavy atom. The summed E-state index contributed by atoms with van der Waals surface area (Å²) in [4.78, 5) is 0. The summed E-state index contributed by atoms with van der Waals surface area (Å²) in [6.45, 7) is 2.27. The molecule has 0 aliphatic heterocycles. The first kappa shape index (κ1) is 9.86. The standard InChI is InChI=1S/C11H19P/c1-2-3-4-5-6-8-11-9-7-10-12-11/h7,9-10,12H,2-6,8H2,1H3. The zero-order valence-electron chi connectivity index (χ0n) is 7.97. The Morgan fingerprint density at radius 3 is 2.67 bits per heavy atom. The fourth-order valence-corrected chi connectivity index (χ4v) is 2.36. The van der Waals surface area contributed by atoms with E-state index in [0.717, 1.165) is 8.19 Å². The summed E-state index contributed by atoms with van der Waals surface area (Å²) < 4.78 is 0. The van der Waals surface area contributed by atoms with Gasteiger partial charge in [0, 0.05) is 0 Å². The van der Waals surface area contributed by atoms with Crippen LogP contribution in [0, 0.1) is 0 Å². The highest BCUT2D eigenvalue weighted by atomic mass is 31.0. The van der Waals surface area contributed by atoms with Crippen molar-refractivity contribution in [2.45, 2.75) is 45.4 Å². The number of unbranched alkanes of at least 4 members (excludes halogenated alkanes) is 4. The molecule has 1 rings (SSSR count). The normalized spacial score (nSPS) is 11.1. The molecule has 1 unspecified atom stereocenters. The number of hydrogen-bond acceptors (Lipinski definition) is 0. The molecule has 12 heavy (non-hydrogen) atoms. The molecular formula is C11H19P. The van der Waals surface area contributed by atoms with Gasteiger partial charge >= 0.3 is 0 Å². The van der Waals surface area contributed by atoms with Crippen molar-refractivity contribution in [3.8, 4) is 0 Å². The molecule has 0 amide bonds. The Labute approximate surface area is 77.5 Å². The van der Waals surface area contributed by atoms with E-state index in [4.69, 9.17) is 0 Å². The van der Waals surface area contributed by atoms with Crippen LogP contribution in [0.1, 0.15) is 44.3 Å². The first-order chi connectivity index (χ1) is 5.93. The number of rotatable bonds is 6. The second-order valence-corrected chi connectivity index (χ2v) is 4.62. The third-order valence-corrected chi connectivity index (χ3v) is 3.36. The van der Waals surface area contributed by atoms with Crippen molar-refractivity contribution in [1.82, 2.24) is 0 Å². The summed E-state index contributed by atoms with van der Waals surface area (Å²) in [6, 6.07) is 4.48. The van der Waals surface area contributed by atoms with Gasteiger partial charge in [0.05, 0.1) is 0 Å². The van der Waals surface area contributed by atoms with Crippen molar-refractivity contribution in [3.63, 3.8) is 0 Å². The molecule has 1 heterocycles. The summed E-state index contributed by atoms with van der Waals surface area (Å²) in [5.74, 6) is 2.28. The van der Waals surface area contributed by atoms with Crippen LogP contribution in [0.25, 0.3) is 0 Å². The van der Waals surface area contributed by atoms with Gasteiger partial charge in [-0.1, -0.05) is 44.7 Å². The average molecular weight is 182 g/mol. The summed E-state index contributed by atoms with van der Waals surface area (Å²) in [6.07, 6.45) is 8.37. The Bertz CT molecular complexity index is 177. The van der Waals surface area contributed by atoms with Crippen LogP contribution in [0.5, 0.6) is 0 Å². The highest BCUT2D eigenvalue weighted by Crippen LogP contribution is 2.17. The van der Waals surface area contributed by atoms with Crippen LogP contribution in [0.15, 0.2) is 17.9 Å². The highest BCUT2D eigenvalue weighted by Gasteiger charge is 1.92. The van der Waals surface area contributed by atoms with E-state index >= 15 is 0 Å². The Balaban J connectivity index is 1.96. The van der Waals surface area contributed by atoms with Gasteiger partial charge in [0.15, 0.2) is 0 Å². The smallest absolute Gasteiger partial charge is 0.0244 e. The van der Waals surface area contributed by atoms with Crippen molar-refractivity contribution >= 4 is 8.19 Å². The van der Waals surface area contributed by atoms with E-state index in [1.54, 1.807) is 5.30 Å². The zero-order chi connectivity index (χ0) is 8.65. The van der Waals surface area contributed by atoms with E-state index in [1.165, 1.54) is 38.5 Å². The molecule has 0 saturated heterocycles. The highest BCUT2D eigenvalue weighted by molar-refractivity contribution is 7.30. The van der Waals surface area contributed by atoms with Gasteiger partial charge in [-0.3, -0.25) is 0 Å². The van der Waals surface area contributed by atoms with Gasteiger partial charge in [-0.05, 0) is 23.9 Å². The first-order valence-corrected chi connectivity index (χ1v) is 6.13. The third kappa shape index (κ3) is 3.97. The molecule has 0 fully saturated rings. The van der Waals surface area contributed by atoms with Gasteiger partial charge in [0.2, 0.25) is 0 Å². The molecule has 0 bridgehead atoms. The maximum Gasteiger partial charge on any atom is -0.0244 e. The van der Waals surface area contributed by atoms with Crippen LogP contribution in [0.4, 0.5) is 0 Å². The van der Waals surface area contributed by atoms with E-state index in [9.17, 15) is 0 Å². The minimum absolute atomic E-state index is 0.992. The maximum absolute atomic E-state index is 2.29. The maximum atomic E-state index is 2.29. The molecule has 0 N–H and O–H groups in total. The molecule has 68 valence electrons. The Morgan fingerprint density at radius 1 is 1.17 bits per heavy atom. The second kappa shape index (κ2) is 6.31. The largest absolute Gasteiger partial charge is 0.137 e. The molecule has 0 aromatic carbocycles. The lowest BCUT2D eigenvalue weighted by atomic mass is 10.1. The lowest BCUT2D eigenvalue weighted by Crippen LogP contribution is -1.81. The van der Waals surface area contributed by atoms with Crippen molar-refractivity contribution in [3.05, 3.63) is 23.2 Å². The van der Waals surface area contributed by atoms with Crippen molar-refractivity contribution in [1.29, 1.82) is 0 Å². The lowest BCUT2D eigenvalue weighted by molar-refractivity contribution is 0.634. The quantitative estimate of drug-likeness (QED) is 0.577. The Kier molecular flexibility index (Phi) is 5.19. The van der Waals surface area contributed by atoms with Crippen LogP contribution < -0.4 is 0 Å². The predicted molar refractivity (Wildman–Crippen MR) is 58.4 cm³/mol. The molecule has 1 heteroatoms. The topological polar surface area (TPSA) is 0 Å². The molecule has 0 nitrogen and oxygen atoms in total. The van der Waals surface area contributed by atoms with E-state index in [1.807, 2.05) is 0 Å². The van der Waals surface area contributed by atoms with Crippen molar-refractivity contribution in [2.75, 3.05) is 0 Å². The lowest BCUT2D eigenvalue weighted by Gasteiger charge is -1.98. The average Bonchev–Trinajstić information content (AvgIpc) is 2.57. The molecular weight excluding hydrogens is 163 g/mol. The number of aryl methyl sites for hydroxylation is 1. The fourth-order valence-electron chi connectivity index (χ4n) is 1.44. The summed E-state index contributed by atoms with van der Waals surface area (Å²) >= 11 is 0. The van der Waals surface area contributed by atoms with Gasteiger partial charge in [-0.25, -0.2) is 0 Å². The van der Waals surface area contributed by atoms with E-state index in [-0.39, 0.29) is 0 Å². The van der Waals surface area contributed by atoms with Crippen molar-refractivity contribution in [2.24, 2.45) is 0 Å². The van der Waals surface area contributed by atoms with E-state index in [2.05, 4.69) is 24.9 Å². The van der Waals surface area contributed by atoms with Crippen molar-refractivity contribution < 1.29 is 0 Å². The second-order valence-electron chi connectivity index (χ2n) is 3.36. The third-order valence-electron chi connectivity index (χ3n) is 2.21. The summed E-state index contributed by atoms with van der Waals surface area (Å²) in [7, 11) is 0.992. The SMILES string of the molecule is CCCCCCCc1ccc[pH]1. The molecule has 1 aromatic heterocycles. The van der Waals surface area contributed by atoms with Crippen LogP contribution in [-0.4, -0.2) is 0 Å². The predicted octanol–water partition coefficient (Wildman–Crippen LogP) is 4.23. The Hall–Kier alpha value is -0.220. The molecule has 0 aliphatic rings. The van der Waals surface area contributed by atoms with Crippen LogP contribution in [0.2, 0.25) is 0 Å². The van der Waals surface area contributed by atoms with Gasteiger partial charge in [-0.2, -0.15) is 0 Å². The minimum atomic E-state index is 0.992. The molecule has 0 aliphatic carbocycles. The van der Waals surface area contributed by atoms with E-state index in [0.29, 0.717) is 0 Å². The van der Waals surface area contributed by atoms with E-state index < -0.39 is 0 Å². The van der Waals surface area contributed by atoms with Gasteiger partial charge in [-0.15, -0.1) is 8.19 Å². The summed E-state index contributed by atoms with van der Waals surface area (Å²) in [5.41, 5.74) is 0. The van der Waals surface area contributed by atoms with Gasteiger partial charge in [0.1, 0.15) is 0 Å². The summed E-state index contributed by atoms with van der Waals surface area (Å²) in [5, 5.41) is 1.66. The molecule has 0 saturated carbocycles. The van der Waals surface area contributed by atoms with Gasteiger partial charge in [0.25, 0.3) is 0 Å². The molecule has 0 spiro atoms. The number of hydrogen-bond donors (Lipinski definition) is 0. The first-order valence-electron chi connectivity index (χ1n) is 5.05. The minimum Gasteiger partial charge on any atom is -0.137 e. The van der Waals surface area contributed by atoms with Crippen LogP contribution in [-0.2, 0) is 6.42 Å².